The molecule has 2 saturated heterocycles. The van der Waals surface area contributed by atoms with Crippen LogP contribution in [-0.2, 0) is 4.74 Å². The van der Waals surface area contributed by atoms with Gasteiger partial charge in [0.1, 0.15) is 5.60 Å². The predicted octanol–water partition coefficient (Wildman–Crippen LogP) is 3.47. The topological polar surface area (TPSA) is 29.5 Å². The third kappa shape index (κ3) is 2.04. The molecule has 0 aromatic carbocycles. The largest absolute Gasteiger partial charge is 0.443 e. The highest BCUT2D eigenvalue weighted by Crippen LogP contribution is 2.38. The molecule has 3 nitrogen and oxygen atoms in total. The third-order valence-corrected chi connectivity index (χ3v) is 4.89. The standard InChI is InChI=1S/C14H23NO2/c1-14(9-4-10-14)17-13(16)15-11-5-2-6-12(15)8-3-7-11/h11-12H,2-10H2,1H3. The van der Waals surface area contributed by atoms with Gasteiger partial charge < -0.3 is 9.64 Å². The first-order valence-electron chi connectivity index (χ1n) is 7.19. The van der Waals surface area contributed by atoms with Gasteiger partial charge in [-0.25, -0.2) is 4.79 Å². The molecular weight excluding hydrogens is 214 g/mol. The third-order valence-electron chi connectivity index (χ3n) is 4.89. The minimum absolute atomic E-state index is 0.0263. The normalized spacial score (nSPS) is 35.0. The first-order chi connectivity index (χ1) is 8.18. The van der Waals surface area contributed by atoms with Gasteiger partial charge in [-0.05, 0) is 64.7 Å². The lowest BCUT2D eigenvalue weighted by atomic mass is 9.82. The van der Waals surface area contributed by atoms with Crippen molar-refractivity contribution < 1.29 is 9.53 Å². The smallest absolute Gasteiger partial charge is 0.410 e. The lowest BCUT2D eigenvalue weighted by Crippen LogP contribution is -2.55. The second-order valence-corrected chi connectivity index (χ2v) is 6.25. The van der Waals surface area contributed by atoms with Crippen LogP contribution in [0.2, 0.25) is 0 Å². The second-order valence-electron chi connectivity index (χ2n) is 6.25. The summed E-state index contributed by atoms with van der Waals surface area (Å²) in [6, 6.07) is 0.942. The molecule has 0 aromatic heterocycles. The summed E-state index contributed by atoms with van der Waals surface area (Å²) in [4.78, 5) is 14.4. The lowest BCUT2D eigenvalue weighted by Gasteiger charge is -2.47. The first kappa shape index (κ1) is 11.4. The van der Waals surface area contributed by atoms with Crippen LogP contribution in [-0.4, -0.2) is 28.7 Å². The van der Waals surface area contributed by atoms with E-state index in [9.17, 15) is 4.79 Å². The molecule has 3 rings (SSSR count). The summed E-state index contributed by atoms with van der Waals surface area (Å²) >= 11 is 0. The van der Waals surface area contributed by atoms with Gasteiger partial charge in [0, 0.05) is 12.1 Å². The minimum Gasteiger partial charge on any atom is -0.443 e. The van der Waals surface area contributed by atoms with Crippen LogP contribution in [0.5, 0.6) is 0 Å². The minimum atomic E-state index is -0.150. The van der Waals surface area contributed by atoms with Gasteiger partial charge in [-0.3, -0.25) is 0 Å². The summed E-state index contributed by atoms with van der Waals surface area (Å²) < 4.78 is 5.74. The Labute approximate surface area is 104 Å². The Balaban J connectivity index is 1.67. The number of fused-ring (bicyclic) bond motifs is 2. The molecule has 0 aromatic rings. The number of amides is 1. The number of ether oxygens (including phenoxy) is 1. The van der Waals surface area contributed by atoms with E-state index in [1.165, 1.54) is 44.9 Å². The summed E-state index contributed by atoms with van der Waals surface area (Å²) in [7, 11) is 0. The molecule has 1 amide bonds. The van der Waals surface area contributed by atoms with Crippen molar-refractivity contribution in [3.8, 4) is 0 Å². The average Bonchev–Trinajstić information content (AvgIpc) is 2.25. The van der Waals surface area contributed by atoms with Gasteiger partial charge >= 0.3 is 6.09 Å². The number of nitrogens with zero attached hydrogens (tertiary/aromatic N) is 1. The highest BCUT2D eigenvalue weighted by Gasteiger charge is 2.42. The molecule has 96 valence electrons. The molecule has 2 heterocycles. The maximum Gasteiger partial charge on any atom is 0.410 e. The Morgan fingerprint density at radius 2 is 1.59 bits per heavy atom. The molecule has 0 radical (unpaired) electrons. The first-order valence-corrected chi connectivity index (χ1v) is 7.19. The Morgan fingerprint density at radius 3 is 2.00 bits per heavy atom. The van der Waals surface area contributed by atoms with Crippen LogP contribution in [0.3, 0.4) is 0 Å². The van der Waals surface area contributed by atoms with Crippen molar-refractivity contribution in [2.24, 2.45) is 0 Å². The zero-order valence-electron chi connectivity index (χ0n) is 10.8. The van der Waals surface area contributed by atoms with Gasteiger partial charge in [-0.15, -0.1) is 0 Å². The maximum atomic E-state index is 12.3. The lowest BCUT2D eigenvalue weighted by molar-refractivity contribution is -0.0678. The molecule has 0 spiro atoms. The molecule has 0 atom stereocenters. The zero-order chi connectivity index (χ0) is 11.9. The van der Waals surface area contributed by atoms with Gasteiger partial charge in [0.25, 0.3) is 0 Å². The van der Waals surface area contributed by atoms with Crippen LogP contribution in [0.15, 0.2) is 0 Å². The number of hydrogen-bond donors (Lipinski definition) is 0. The van der Waals surface area contributed by atoms with E-state index in [4.69, 9.17) is 4.74 Å². The Bertz CT molecular complexity index is 289. The van der Waals surface area contributed by atoms with E-state index in [1.807, 2.05) is 0 Å². The van der Waals surface area contributed by atoms with Gasteiger partial charge in [0.2, 0.25) is 0 Å². The highest BCUT2D eigenvalue weighted by molar-refractivity contribution is 5.69. The molecule has 0 unspecified atom stereocenters. The van der Waals surface area contributed by atoms with Crippen molar-refractivity contribution in [3.05, 3.63) is 0 Å². The Kier molecular flexibility index (Phi) is 2.80. The van der Waals surface area contributed by atoms with Crippen LogP contribution < -0.4 is 0 Å². The molecular formula is C14H23NO2. The monoisotopic (exact) mass is 237 g/mol. The molecule has 3 aliphatic rings. The van der Waals surface area contributed by atoms with Crippen LogP contribution in [0.25, 0.3) is 0 Å². The fourth-order valence-corrected chi connectivity index (χ4v) is 3.66. The zero-order valence-corrected chi connectivity index (χ0v) is 10.8. The summed E-state index contributed by atoms with van der Waals surface area (Å²) in [5.74, 6) is 0. The summed E-state index contributed by atoms with van der Waals surface area (Å²) in [5, 5.41) is 0. The van der Waals surface area contributed by atoms with Crippen molar-refractivity contribution in [1.29, 1.82) is 0 Å². The molecule has 2 aliphatic heterocycles. The van der Waals surface area contributed by atoms with Crippen molar-refractivity contribution in [2.75, 3.05) is 0 Å². The van der Waals surface area contributed by atoms with Crippen LogP contribution in [0, 0.1) is 0 Å². The number of hydrogen-bond acceptors (Lipinski definition) is 2. The Hall–Kier alpha value is -0.730. The van der Waals surface area contributed by atoms with Gasteiger partial charge in [-0.1, -0.05) is 0 Å². The number of piperidine rings is 2. The fraction of sp³-hybridized carbons (Fsp3) is 0.929. The summed E-state index contributed by atoms with van der Waals surface area (Å²) in [5.41, 5.74) is -0.150. The van der Waals surface area contributed by atoms with E-state index in [-0.39, 0.29) is 11.7 Å². The van der Waals surface area contributed by atoms with Crippen LogP contribution in [0.1, 0.15) is 64.7 Å². The highest BCUT2D eigenvalue weighted by atomic mass is 16.6. The van der Waals surface area contributed by atoms with Gasteiger partial charge in [0.15, 0.2) is 0 Å². The van der Waals surface area contributed by atoms with Gasteiger partial charge in [0.05, 0.1) is 0 Å². The van der Waals surface area contributed by atoms with Gasteiger partial charge in [-0.2, -0.15) is 0 Å². The average molecular weight is 237 g/mol. The summed E-state index contributed by atoms with van der Waals surface area (Å²) in [6.45, 7) is 2.08. The molecule has 17 heavy (non-hydrogen) atoms. The Morgan fingerprint density at radius 1 is 1.06 bits per heavy atom. The molecule has 1 aliphatic carbocycles. The molecule has 3 fully saturated rings. The fourth-order valence-electron chi connectivity index (χ4n) is 3.66. The van der Waals surface area contributed by atoms with Crippen molar-refractivity contribution in [1.82, 2.24) is 4.90 Å². The second kappa shape index (κ2) is 4.18. The SMILES string of the molecule is CC1(OC(=O)N2C3CCCC2CCC3)CCC1. The maximum absolute atomic E-state index is 12.3. The van der Waals surface area contributed by atoms with Crippen LogP contribution in [0.4, 0.5) is 4.79 Å². The van der Waals surface area contributed by atoms with E-state index < -0.39 is 0 Å². The predicted molar refractivity (Wildman–Crippen MR) is 65.9 cm³/mol. The van der Waals surface area contributed by atoms with E-state index in [0.29, 0.717) is 12.1 Å². The van der Waals surface area contributed by atoms with Crippen molar-refractivity contribution >= 4 is 6.09 Å². The number of carbonyl (C=O) groups is 1. The quantitative estimate of drug-likeness (QED) is 0.699. The van der Waals surface area contributed by atoms with Crippen molar-refractivity contribution in [2.45, 2.75) is 82.4 Å². The number of carbonyl (C=O) groups excluding carboxylic acids is 1. The van der Waals surface area contributed by atoms with E-state index in [1.54, 1.807) is 0 Å². The van der Waals surface area contributed by atoms with E-state index >= 15 is 0 Å². The van der Waals surface area contributed by atoms with E-state index in [2.05, 4.69) is 11.8 Å². The van der Waals surface area contributed by atoms with Crippen molar-refractivity contribution in [3.63, 3.8) is 0 Å². The van der Waals surface area contributed by atoms with E-state index in [0.717, 1.165) is 12.8 Å². The summed E-state index contributed by atoms with van der Waals surface area (Å²) in [6.07, 6.45) is 10.6. The molecule has 3 heteroatoms. The molecule has 2 bridgehead atoms. The van der Waals surface area contributed by atoms with Crippen LogP contribution >= 0.6 is 0 Å². The molecule has 0 N–H and O–H groups in total. The number of rotatable bonds is 1. The molecule has 1 saturated carbocycles.